The van der Waals surface area contributed by atoms with Gasteiger partial charge in [0.1, 0.15) is 5.82 Å². The molecule has 2 rings (SSSR count). The van der Waals surface area contributed by atoms with Crippen LogP contribution in [0.4, 0.5) is 4.39 Å². The summed E-state index contributed by atoms with van der Waals surface area (Å²) in [5.74, 6) is -5.28. The van der Waals surface area contributed by atoms with E-state index in [1.165, 1.54) is 19.1 Å². The summed E-state index contributed by atoms with van der Waals surface area (Å²) in [7, 11) is 0. The fourth-order valence-electron chi connectivity index (χ4n) is 2.23. The topological polar surface area (TPSA) is 110 Å². The van der Waals surface area contributed by atoms with E-state index in [1.807, 2.05) is 6.07 Å². The first-order chi connectivity index (χ1) is 12.8. The Morgan fingerprint density at radius 2 is 1.74 bits per heavy atom. The van der Waals surface area contributed by atoms with Gasteiger partial charge in [-0.1, -0.05) is 42.5 Å². The van der Waals surface area contributed by atoms with Crippen molar-refractivity contribution in [2.24, 2.45) is 0 Å². The number of carbonyl (C=O) groups excluding carboxylic acids is 2. The molecule has 0 aliphatic carbocycles. The number of halogens is 1. The van der Waals surface area contributed by atoms with Gasteiger partial charge in [-0.25, -0.2) is 28.5 Å². The number of aliphatic carboxylic acids is 1. The highest BCUT2D eigenvalue weighted by molar-refractivity contribution is 5.81. The molecule has 0 fully saturated rings. The summed E-state index contributed by atoms with van der Waals surface area (Å²) in [6.07, 6.45) is -2.84. The summed E-state index contributed by atoms with van der Waals surface area (Å²) in [5.41, 5.74) is 1.36. The molecule has 0 saturated heterocycles. The third-order valence-corrected chi connectivity index (χ3v) is 3.79. The van der Waals surface area contributed by atoms with Crippen LogP contribution in [0.3, 0.4) is 0 Å². The zero-order chi connectivity index (χ0) is 20.0. The first-order valence-electron chi connectivity index (χ1n) is 7.96. The summed E-state index contributed by atoms with van der Waals surface area (Å²) in [4.78, 5) is 42.2. The molecule has 0 radical (unpaired) electrons. The monoisotopic (exact) mass is 376 g/mol. The lowest BCUT2D eigenvalue weighted by atomic mass is 9.97. The lowest BCUT2D eigenvalue weighted by molar-refractivity contribution is -0.261. The SMILES string of the molecule is C[C@H](C(=O)OOC(=O)CC(O)C(=O)O)c1ccc(-c2ccccc2)c(F)c1. The Hall–Kier alpha value is -3.26. The van der Waals surface area contributed by atoms with Crippen LogP contribution in [0, 0.1) is 5.82 Å². The zero-order valence-electron chi connectivity index (χ0n) is 14.3. The number of aliphatic hydroxyl groups is 1. The Bertz CT molecular complexity index is 835. The minimum atomic E-state index is -1.96. The van der Waals surface area contributed by atoms with Gasteiger partial charge in [-0.15, -0.1) is 0 Å². The minimum absolute atomic E-state index is 0.304. The molecular formula is C19H17FO7. The summed E-state index contributed by atoms with van der Waals surface area (Å²) < 4.78 is 14.4. The Labute approximate surface area is 153 Å². The Kier molecular flexibility index (Phi) is 6.62. The summed E-state index contributed by atoms with van der Waals surface area (Å²) >= 11 is 0. The van der Waals surface area contributed by atoms with Crippen molar-refractivity contribution in [3.8, 4) is 11.1 Å². The van der Waals surface area contributed by atoms with Crippen LogP contribution in [0.15, 0.2) is 48.5 Å². The van der Waals surface area contributed by atoms with Crippen LogP contribution in [0.2, 0.25) is 0 Å². The minimum Gasteiger partial charge on any atom is -0.479 e. The predicted molar refractivity (Wildman–Crippen MR) is 90.7 cm³/mol. The van der Waals surface area contributed by atoms with E-state index in [0.717, 1.165) is 0 Å². The Balaban J connectivity index is 1.99. The summed E-state index contributed by atoms with van der Waals surface area (Å²) in [5, 5.41) is 17.5. The first-order valence-corrected chi connectivity index (χ1v) is 7.96. The average Bonchev–Trinajstić information content (AvgIpc) is 2.65. The highest BCUT2D eigenvalue weighted by Gasteiger charge is 2.24. The largest absolute Gasteiger partial charge is 0.479 e. The standard InChI is InChI=1S/C19H17FO7/c1-11(19(25)27-26-17(22)10-16(21)18(23)24)13-7-8-14(15(20)9-13)12-5-3-2-4-6-12/h2-9,11,16,21H,10H2,1H3,(H,23,24)/t11-,16?/m0/s1. The number of aliphatic hydroxyl groups excluding tert-OH is 1. The van der Waals surface area contributed by atoms with E-state index in [1.54, 1.807) is 30.3 Å². The first kappa shape index (κ1) is 20.1. The van der Waals surface area contributed by atoms with Crippen molar-refractivity contribution in [2.45, 2.75) is 25.4 Å². The van der Waals surface area contributed by atoms with Crippen molar-refractivity contribution in [3.63, 3.8) is 0 Å². The van der Waals surface area contributed by atoms with Crippen molar-refractivity contribution < 1.29 is 38.8 Å². The van der Waals surface area contributed by atoms with E-state index in [0.29, 0.717) is 16.7 Å². The number of hydrogen-bond acceptors (Lipinski definition) is 6. The molecule has 2 aromatic carbocycles. The fraction of sp³-hybridized carbons (Fsp3) is 0.211. The van der Waals surface area contributed by atoms with Gasteiger partial charge in [0.2, 0.25) is 0 Å². The summed E-state index contributed by atoms with van der Waals surface area (Å²) in [6, 6.07) is 13.1. The van der Waals surface area contributed by atoms with Gasteiger partial charge >= 0.3 is 17.9 Å². The molecule has 2 N–H and O–H groups in total. The second-order valence-corrected chi connectivity index (χ2v) is 5.74. The van der Waals surface area contributed by atoms with Crippen LogP contribution < -0.4 is 0 Å². The number of carboxylic acids is 1. The number of hydrogen-bond donors (Lipinski definition) is 2. The molecule has 2 aromatic rings. The van der Waals surface area contributed by atoms with Crippen LogP contribution in [-0.4, -0.2) is 34.2 Å². The van der Waals surface area contributed by atoms with Crippen LogP contribution in [0.1, 0.15) is 24.8 Å². The van der Waals surface area contributed by atoms with E-state index in [4.69, 9.17) is 10.2 Å². The van der Waals surface area contributed by atoms with Crippen LogP contribution in [0.25, 0.3) is 11.1 Å². The van der Waals surface area contributed by atoms with Gasteiger partial charge < -0.3 is 10.2 Å². The molecule has 0 aliphatic rings. The quantitative estimate of drug-likeness (QED) is 0.588. The lowest BCUT2D eigenvalue weighted by Crippen LogP contribution is -2.25. The number of carbonyl (C=O) groups is 3. The molecule has 27 heavy (non-hydrogen) atoms. The fourth-order valence-corrected chi connectivity index (χ4v) is 2.23. The van der Waals surface area contributed by atoms with E-state index in [9.17, 15) is 18.8 Å². The molecular weight excluding hydrogens is 359 g/mol. The van der Waals surface area contributed by atoms with Crippen LogP contribution in [0.5, 0.6) is 0 Å². The predicted octanol–water partition coefficient (Wildman–Crippen LogP) is 2.43. The van der Waals surface area contributed by atoms with Gasteiger partial charge in [-0.2, -0.15) is 0 Å². The molecule has 2 atom stereocenters. The molecule has 0 spiro atoms. The van der Waals surface area contributed by atoms with Crippen LogP contribution in [-0.2, 0) is 24.2 Å². The maximum atomic E-state index is 14.4. The second-order valence-electron chi connectivity index (χ2n) is 5.74. The van der Waals surface area contributed by atoms with Crippen molar-refractivity contribution in [1.29, 1.82) is 0 Å². The molecule has 0 saturated carbocycles. The molecule has 7 nitrogen and oxygen atoms in total. The third-order valence-electron chi connectivity index (χ3n) is 3.79. The molecule has 0 aliphatic heterocycles. The highest BCUT2D eigenvalue weighted by atomic mass is 19.1. The third kappa shape index (κ3) is 5.35. The Morgan fingerprint density at radius 3 is 2.33 bits per heavy atom. The molecule has 1 unspecified atom stereocenters. The van der Waals surface area contributed by atoms with E-state index >= 15 is 0 Å². The smallest absolute Gasteiger partial charge is 0.362 e. The lowest BCUT2D eigenvalue weighted by Gasteiger charge is -2.12. The maximum Gasteiger partial charge on any atom is 0.362 e. The average molecular weight is 376 g/mol. The molecule has 142 valence electrons. The van der Waals surface area contributed by atoms with Gasteiger partial charge in [-0.3, -0.25) is 0 Å². The zero-order valence-corrected chi connectivity index (χ0v) is 14.3. The molecule has 0 heterocycles. The van der Waals surface area contributed by atoms with Crippen molar-refractivity contribution in [3.05, 3.63) is 59.9 Å². The maximum absolute atomic E-state index is 14.4. The van der Waals surface area contributed by atoms with Crippen molar-refractivity contribution in [1.82, 2.24) is 0 Å². The molecule has 0 bridgehead atoms. The van der Waals surface area contributed by atoms with Gasteiger partial charge in [0, 0.05) is 5.56 Å². The van der Waals surface area contributed by atoms with Gasteiger partial charge in [0.25, 0.3) is 0 Å². The second kappa shape index (κ2) is 8.91. The number of carboxylic acid groups (broad SMARTS) is 1. The number of benzene rings is 2. The van der Waals surface area contributed by atoms with E-state index < -0.39 is 42.2 Å². The number of rotatable bonds is 6. The van der Waals surface area contributed by atoms with Gasteiger partial charge in [0.05, 0.1) is 12.3 Å². The summed E-state index contributed by atoms with van der Waals surface area (Å²) in [6.45, 7) is 1.43. The Morgan fingerprint density at radius 1 is 1.07 bits per heavy atom. The van der Waals surface area contributed by atoms with Gasteiger partial charge in [0.15, 0.2) is 6.10 Å². The van der Waals surface area contributed by atoms with Crippen LogP contribution >= 0.6 is 0 Å². The molecule has 0 aromatic heterocycles. The normalized spacial score (nSPS) is 12.7. The van der Waals surface area contributed by atoms with E-state index in [-0.39, 0.29) is 0 Å². The van der Waals surface area contributed by atoms with E-state index in [2.05, 4.69) is 9.78 Å². The van der Waals surface area contributed by atoms with Crippen molar-refractivity contribution in [2.75, 3.05) is 0 Å². The van der Waals surface area contributed by atoms with Crippen molar-refractivity contribution >= 4 is 17.9 Å². The highest BCUT2D eigenvalue weighted by Crippen LogP contribution is 2.26. The molecule has 8 heteroatoms. The molecule has 0 amide bonds. The van der Waals surface area contributed by atoms with Gasteiger partial charge in [-0.05, 0) is 24.1 Å².